The molecule has 0 unspecified atom stereocenters. The second-order valence-corrected chi connectivity index (χ2v) is 5.00. The Labute approximate surface area is 123 Å². The number of carbonyl (C=O) groups excluding carboxylic acids is 1. The van der Waals surface area contributed by atoms with E-state index in [1.807, 2.05) is 0 Å². The average Bonchev–Trinajstić information content (AvgIpc) is 2.35. The van der Waals surface area contributed by atoms with Crippen LogP contribution in [-0.2, 0) is 4.79 Å². The molecule has 0 aliphatic heterocycles. The van der Waals surface area contributed by atoms with Gasteiger partial charge in [0.15, 0.2) is 0 Å². The Kier molecular flexibility index (Phi) is 4.81. The van der Waals surface area contributed by atoms with Crippen molar-refractivity contribution in [1.29, 1.82) is 0 Å². The maximum Gasteiger partial charge on any atom is 0.421 e. The summed E-state index contributed by atoms with van der Waals surface area (Å²) in [4.78, 5) is 11.5. The molecule has 0 radical (unpaired) electrons. The number of methoxy groups -OCH3 is 1. The summed E-state index contributed by atoms with van der Waals surface area (Å²) in [5.41, 5.74) is -0.317. The number of rotatable bonds is 3. The summed E-state index contributed by atoms with van der Waals surface area (Å²) < 4.78 is 76.1. The van der Waals surface area contributed by atoms with Gasteiger partial charge in [-0.25, -0.2) is 0 Å². The zero-order valence-electron chi connectivity index (χ0n) is 10.3. The molecule has 0 heterocycles. The van der Waals surface area contributed by atoms with E-state index in [9.17, 15) is 31.1 Å². The van der Waals surface area contributed by atoms with E-state index in [2.05, 4.69) is 0 Å². The number of para-hydroxylation sites is 2. The summed E-state index contributed by atoms with van der Waals surface area (Å²) in [7, 11) is 1.15. The van der Waals surface area contributed by atoms with E-state index in [-0.39, 0.29) is 11.4 Å². The molecule has 10 heteroatoms. The van der Waals surface area contributed by atoms with Crippen molar-refractivity contribution in [2.45, 2.75) is 16.7 Å². The lowest BCUT2D eigenvalue weighted by atomic mass is 10.1. The fraction of sp³-hybridized carbons (Fsp3) is 0.364. The van der Waals surface area contributed by atoms with Crippen LogP contribution in [0.25, 0.3) is 0 Å². The highest BCUT2D eigenvalue weighted by molar-refractivity contribution is 9.10. The van der Waals surface area contributed by atoms with Gasteiger partial charge in [-0.2, -0.15) is 26.3 Å². The maximum atomic E-state index is 12.7. The van der Waals surface area contributed by atoms with Crippen LogP contribution in [0.15, 0.2) is 24.3 Å². The number of anilines is 1. The van der Waals surface area contributed by atoms with Gasteiger partial charge < -0.3 is 10.1 Å². The van der Waals surface area contributed by atoms with Crippen molar-refractivity contribution in [1.82, 2.24) is 0 Å². The molecule has 1 N–H and O–H groups in total. The molecule has 3 nitrogen and oxygen atoms in total. The van der Waals surface area contributed by atoms with E-state index in [1.165, 1.54) is 34.1 Å². The smallest absolute Gasteiger partial charge is 0.421 e. The molecule has 0 aromatic heterocycles. The van der Waals surface area contributed by atoms with Crippen LogP contribution in [0.2, 0.25) is 0 Å². The maximum absolute atomic E-state index is 12.7. The van der Waals surface area contributed by atoms with Gasteiger partial charge in [0.2, 0.25) is 0 Å². The second-order valence-electron chi connectivity index (χ2n) is 3.81. The average molecular weight is 380 g/mol. The summed E-state index contributed by atoms with van der Waals surface area (Å²) >= 11 is 1.49. The monoisotopic (exact) mass is 379 g/mol. The van der Waals surface area contributed by atoms with Crippen LogP contribution in [0.3, 0.4) is 0 Å². The van der Waals surface area contributed by atoms with Gasteiger partial charge >= 0.3 is 12.4 Å². The quantitative estimate of drug-likeness (QED) is 0.639. The van der Waals surface area contributed by atoms with Crippen LogP contribution in [0.5, 0.6) is 5.75 Å². The number of carbonyl (C=O) groups is 1. The number of amides is 1. The van der Waals surface area contributed by atoms with Gasteiger partial charge in [0.05, 0.1) is 12.8 Å². The van der Waals surface area contributed by atoms with Gasteiger partial charge in [-0.15, -0.1) is 0 Å². The van der Waals surface area contributed by atoms with E-state index in [0.29, 0.717) is 0 Å². The molecular weight excluding hydrogens is 372 g/mol. The van der Waals surface area contributed by atoms with Crippen molar-refractivity contribution in [2.24, 2.45) is 0 Å². The normalized spacial score (nSPS) is 13.0. The Morgan fingerprint density at radius 2 is 1.57 bits per heavy atom. The first-order valence-electron chi connectivity index (χ1n) is 5.22. The molecule has 1 aromatic carbocycles. The minimum Gasteiger partial charge on any atom is -0.495 e. The largest absolute Gasteiger partial charge is 0.495 e. The van der Waals surface area contributed by atoms with E-state index in [0.717, 1.165) is 13.2 Å². The van der Waals surface area contributed by atoms with Crippen molar-refractivity contribution in [3.8, 4) is 5.75 Å². The van der Waals surface area contributed by atoms with Crippen LogP contribution in [0.1, 0.15) is 0 Å². The van der Waals surface area contributed by atoms with Gasteiger partial charge in [-0.3, -0.25) is 4.79 Å². The van der Waals surface area contributed by atoms with Crippen LogP contribution >= 0.6 is 15.9 Å². The molecule has 118 valence electrons. The molecule has 1 rings (SSSR count). The number of halogens is 7. The van der Waals surface area contributed by atoms with Crippen LogP contribution < -0.4 is 10.1 Å². The highest BCUT2D eigenvalue weighted by Gasteiger charge is 2.74. The minimum atomic E-state index is -5.88. The summed E-state index contributed by atoms with van der Waals surface area (Å²) in [6, 6.07) is 5.13. The van der Waals surface area contributed by atoms with E-state index in [4.69, 9.17) is 4.74 Å². The Morgan fingerprint density at radius 3 is 2.00 bits per heavy atom. The second kappa shape index (κ2) is 5.74. The van der Waals surface area contributed by atoms with Gasteiger partial charge in [-0.1, -0.05) is 28.1 Å². The van der Waals surface area contributed by atoms with Gasteiger partial charge in [0, 0.05) is 0 Å². The van der Waals surface area contributed by atoms with Crippen LogP contribution in [0, 0.1) is 0 Å². The van der Waals surface area contributed by atoms with Crippen molar-refractivity contribution in [3.05, 3.63) is 24.3 Å². The Balaban J connectivity index is 3.21. The highest BCUT2D eigenvalue weighted by Crippen LogP contribution is 2.50. The van der Waals surface area contributed by atoms with Crippen LogP contribution in [-0.4, -0.2) is 29.7 Å². The van der Waals surface area contributed by atoms with Crippen molar-refractivity contribution in [3.63, 3.8) is 0 Å². The topological polar surface area (TPSA) is 38.3 Å². The van der Waals surface area contributed by atoms with Crippen molar-refractivity contribution < 1.29 is 35.9 Å². The van der Waals surface area contributed by atoms with Crippen molar-refractivity contribution in [2.75, 3.05) is 12.4 Å². The summed E-state index contributed by atoms with van der Waals surface area (Å²) in [5.74, 6) is -2.39. The summed E-state index contributed by atoms with van der Waals surface area (Å²) in [6.07, 6.45) is -11.8. The zero-order chi connectivity index (χ0) is 16.5. The number of nitrogens with one attached hydrogen (secondary N) is 1. The molecule has 0 fully saturated rings. The molecule has 0 saturated heterocycles. The Morgan fingerprint density at radius 1 is 1.10 bits per heavy atom. The van der Waals surface area contributed by atoms with Crippen LogP contribution in [0.4, 0.5) is 32.0 Å². The molecular formula is C11H8BrF6NO2. The summed E-state index contributed by atoms with van der Waals surface area (Å²) in [6.45, 7) is 0. The van der Waals surface area contributed by atoms with Gasteiger partial charge in [0.25, 0.3) is 10.2 Å². The highest BCUT2D eigenvalue weighted by atomic mass is 79.9. The lowest BCUT2D eigenvalue weighted by Gasteiger charge is -2.30. The van der Waals surface area contributed by atoms with E-state index in [1.54, 1.807) is 5.32 Å². The number of hydrogen-bond donors (Lipinski definition) is 1. The third-order valence-electron chi connectivity index (χ3n) is 2.45. The first kappa shape index (κ1) is 17.6. The molecule has 0 bridgehead atoms. The molecule has 1 amide bonds. The molecule has 1 aromatic rings. The minimum absolute atomic E-state index is 0.0787. The number of alkyl halides is 7. The predicted octanol–water partition coefficient (Wildman–Crippen LogP) is 3.89. The number of hydrogen-bond acceptors (Lipinski definition) is 2. The molecule has 0 aliphatic carbocycles. The number of ether oxygens (including phenoxy) is 1. The van der Waals surface area contributed by atoms with E-state index >= 15 is 0 Å². The molecule has 0 atom stereocenters. The van der Waals surface area contributed by atoms with Crippen molar-refractivity contribution >= 4 is 27.5 Å². The molecule has 0 spiro atoms. The third kappa shape index (κ3) is 3.25. The Hall–Kier alpha value is -1.45. The third-order valence-corrected chi connectivity index (χ3v) is 3.71. The lowest BCUT2D eigenvalue weighted by molar-refractivity contribution is -0.253. The van der Waals surface area contributed by atoms with Gasteiger partial charge in [-0.05, 0) is 12.1 Å². The predicted molar refractivity (Wildman–Crippen MR) is 65.4 cm³/mol. The zero-order valence-corrected chi connectivity index (χ0v) is 11.9. The fourth-order valence-electron chi connectivity index (χ4n) is 1.37. The standard InChI is InChI=1S/C11H8BrF6NO2/c1-21-7-5-3-2-4-6(7)19-8(20)9(12,10(13,14)15)11(16,17)18/h2-5H,1H3,(H,19,20). The van der Waals surface area contributed by atoms with Gasteiger partial charge in [0.1, 0.15) is 5.75 Å². The SMILES string of the molecule is COc1ccccc1NC(=O)C(Br)(C(F)(F)F)C(F)(F)F. The fourth-order valence-corrected chi connectivity index (χ4v) is 1.47. The summed E-state index contributed by atoms with van der Waals surface area (Å²) in [5, 5.41) is 1.56. The molecule has 21 heavy (non-hydrogen) atoms. The van der Waals surface area contributed by atoms with E-state index < -0.39 is 22.6 Å². The Bertz CT molecular complexity index is 514. The molecule has 0 aliphatic rings. The molecule has 0 saturated carbocycles. The first-order chi connectivity index (χ1) is 9.45. The number of benzene rings is 1. The lowest BCUT2D eigenvalue weighted by Crippen LogP contribution is -2.59. The first-order valence-corrected chi connectivity index (χ1v) is 6.01.